The molecule has 0 aliphatic rings. The van der Waals surface area contributed by atoms with Crippen LogP contribution in [0, 0.1) is 0 Å². The fourth-order valence-corrected chi connectivity index (χ4v) is 3.22. The number of ether oxygens (including phenoxy) is 3. The molecule has 0 saturated heterocycles. The zero-order chi connectivity index (χ0) is 21.1. The second-order valence-electron chi connectivity index (χ2n) is 6.26. The maximum Gasteiger partial charge on any atom is 0.262 e. The van der Waals surface area contributed by atoms with Crippen molar-refractivity contribution in [3.05, 3.63) is 47.6 Å². The number of methoxy groups -OCH3 is 2. The van der Waals surface area contributed by atoms with Crippen LogP contribution >= 0.6 is 11.6 Å². The van der Waals surface area contributed by atoms with Crippen LogP contribution in [0.25, 0.3) is 34.1 Å². The highest BCUT2D eigenvalue weighted by Crippen LogP contribution is 2.35. The van der Waals surface area contributed by atoms with E-state index in [-0.39, 0.29) is 0 Å². The van der Waals surface area contributed by atoms with E-state index >= 15 is 0 Å². The topological polar surface area (TPSA) is 95.3 Å². The lowest BCUT2D eigenvalue weighted by atomic mass is 10.1. The first-order valence-corrected chi connectivity index (χ1v) is 9.54. The molecule has 0 radical (unpaired) electrons. The molecule has 0 bridgehead atoms. The van der Waals surface area contributed by atoms with Gasteiger partial charge in [0.15, 0.2) is 0 Å². The molecule has 154 valence electrons. The van der Waals surface area contributed by atoms with Crippen LogP contribution in [0.15, 0.2) is 47.1 Å². The Balaban J connectivity index is 1.69. The lowest BCUT2D eigenvalue weighted by Crippen LogP contribution is -1.92. The summed E-state index contributed by atoms with van der Waals surface area (Å²) >= 11 is 6.33. The first kappa shape index (κ1) is 19.8. The number of hydrogen-bond acceptors (Lipinski definition) is 7. The molecule has 4 rings (SSSR count). The van der Waals surface area contributed by atoms with Crippen LogP contribution in [0.5, 0.6) is 17.2 Å². The van der Waals surface area contributed by atoms with Gasteiger partial charge in [0.25, 0.3) is 5.89 Å². The Labute approximate surface area is 177 Å². The monoisotopic (exact) mass is 426 g/mol. The molecule has 0 unspecified atom stereocenters. The van der Waals surface area contributed by atoms with Gasteiger partial charge < -0.3 is 18.7 Å². The molecule has 0 aliphatic heterocycles. The SMILES string of the molecule is CCOc1ccc(-c2[nH]ncc2-c2nc(-c3cc(OC)cc(OC)c3)no2)cc1Cl. The summed E-state index contributed by atoms with van der Waals surface area (Å²) in [5, 5.41) is 11.7. The fourth-order valence-electron chi connectivity index (χ4n) is 2.98. The molecule has 30 heavy (non-hydrogen) atoms. The van der Waals surface area contributed by atoms with E-state index in [0.717, 1.165) is 5.56 Å². The third-order valence-electron chi connectivity index (χ3n) is 4.43. The van der Waals surface area contributed by atoms with E-state index in [2.05, 4.69) is 20.3 Å². The summed E-state index contributed by atoms with van der Waals surface area (Å²) in [5.41, 5.74) is 2.89. The second kappa shape index (κ2) is 8.46. The third-order valence-corrected chi connectivity index (χ3v) is 4.72. The van der Waals surface area contributed by atoms with Crippen molar-refractivity contribution >= 4 is 11.6 Å². The lowest BCUT2D eigenvalue weighted by Gasteiger charge is -2.07. The Bertz CT molecular complexity index is 1150. The fraction of sp³-hybridized carbons (Fsp3) is 0.190. The van der Waals surface area contributed by atoms with Gasteiger partial charge in [-0.05, 0) is 37.3 Å². The van der Waals surface area contributed by atoms with Gasteiger partial charge in [-0.3, -0.25) is 5.10 Å². The van der Waals surface area contributed by atoms with Gasteiger partial charge in [-0.25, -0.2) is 0 Å². The summed E-state index contributed by atoms with van der Waals surface area (Å²) in [5.74, 6) is 2.60. The minimum absolute atomic E-state index is 0.320. The minimum Gasteiger partial charge on any atom is -0.497 e. The van der Waals surface area contributed by atoms with E-state index in [9.17, 15) is 0 Å². The first-order valence-electron chi connectivity index (χ1n) is 9.16. The largest absolute Gasteiger partial charge is 0.497 e. The molecule has 0 saturated carbocycles. The van der Waals surface area contributed by atoms with Gasteiger partial charge in [-0.2, -0.15) is 10.1 Å². The van der Waals surface area contributed by atoms with E-state index < -0.39 is 0 Å². The first-order chi connectivity index (χ1) is 14.6. The number of aromatic amines is 1. The van der Waals surface area contributed by atoms with Crippen LogP contribution in [0.2, 0.25) is 5.02 Å². The number of benzene rings is 2. The highest BCUT2D eigenvalue weighted by molar-refractivity contribution is 6.32. The average molecular weight is 427 g/mol. The van der Waals surface area contributed by atoms with Crippen molar-refractivity contribution in [3.63, 3.8) is 0 Å². The average Bonchev–Trinajstić information content (AvgIpc) is 3.44. The number of H-pyrrole nitrogens is 1. The molecular weight excluding hydrogens is 408 g/mol. The molecule has 4 aromatic rings. The Kier molecular flexibility index (Phi) is 5.58. The Morgan fingerprint density at radius 1 is 1.03 bits per heavy atom. The Morgan fingerprint density at radius 3 is 2.47 bits per heavy atom. The number of nitrogens with zero attached hydrogens (tertiary/aromatic N) is 3. The zero-order valence-electron chi connectivity index (χ0n) is 16.6. The summed E-state index contributed by atoms with van der Waals surface area (Å²) < 4.78 is 21.6. The summed E-state index contributed by atoms with van der Waals surface area (Å²) in [6.45, 7) is 2.44. The molecule has 0 atom stereocenters. The molecule has 0 amide bonds. The molecule has 0 spiro atoms. The molecular formula is C21H19ClN4O4. The van der Waals surface area contributed by atoms with Crippen molar-refractivity contribution in [1.29, 1.82) is 0 Å². The van der Waals surface area contributed by atoms with Gasteiger partial charge in [0.05, 0.1) is 43.3 Å². The maximum absolute atomic E-state index is 6.33. The number of hydrogen-bond donors (Lipinski definition) is 1. The lowest BCUT2D eigenvalue weighted by molar-refractivity contribution is 0.340. The van der Waals surface area contributed by atoms with E-state index in [4.69, 9.17) is 30.3 Å². The third kappa shape index (κ3) is 3.81. The normalized spacial score (nSPS) is 10.8. The van der Waals surface area contributed by atoms with Crippen molar-refractivity contribution in [2.75, 3.05) is 20.8 Å². The van der Waals surface area contributed by atoms with Crippen molar-refractivity contribution in [2.45, 2.75) is 6.92 Å². The van der Waals surface area contributed by atoms with Crippen LogP contribution in [0.1, 0.15) is 6.92 Å². The van der Waals surface area contributed by atoms with E-state index in [1.807, 2.05) is 19.1 Å². The van der Waals surface area contributed by atoms with Gasteiger partial charge >= 0.3 is 0 Å². The van der Waals surface area contributed by atoms with E-state index in [1.165, 1.54) is 0 Å². The molecule has 2 aromatic heterocycles. The van der Waals surface area contributed by atoms with Crippen molar-refractivity contribution < 1.29 is 18.7 Å². The van der Waals surface area contributed by atoms with Crippen LogP contribution in [0.4, 0.5) is 0 Å². The van der Waals surface area contributed by atoms with Gasteiger partial charge in [0.2, 0.25) is 5.82 Å². The maximum atomic E-state index is 6.33. The number of halogens is 1. The standard InChI is InChI=1S/C21H19ClN4O4/c1-4-29-18-6-5-12(9-17(18)22)19-16(11-23-25-19)21-24-20(26-30-21)13-7-14(27-2)10-15(8-13)28-3/h5-11H,4H2,1-3H3,(H,23,25). The molecule has 0 fully saturated rings. The predicted octanol–water partition coefficient (Wildman–Crippen LogP) is 4.86. The minimum atomic E-state index is 0.320. The van der Waals surface area contributed by atoms with E-state index in [0.29, 0.717) is 57.4 Å². The van der Waals surface area contributed by atoms with Crippen LogP contribution in [0.3, 0.4) is 0 Å². The Morgan fingerprint density at radius 2 is 1.80 bits per heavy atom. The molecule has 2 aromatic carbocycles. The van der Waals surface area contributed by atoms with Gasteiger partial charge in [0, 0.05) is 17.2 Å². The van der Waals surface area contributed by atoms with Gasteiger partial charge in [-0.15, -0.1) is 0 Å². The summed E-state index contributed by atoms with van der Waals surface area (Å²) in [6, 6.07) is 10.9. The number of rotatable bonds is 7. The highest BCUT2D eigenvalue weighted by atomic mass is 35.5. The molecule has 1 N–H and O–H groups in total. The predicted molar refractivity (Wildman–Crippen MR) is 112 cm³/mol. The number of nitrogens with one attached hydrogen (secondary N) is 1. The van der Waals surface area contributed by atoms with Crippen molar-refractivity contribution in [1.82, 2.24) is 20.3 Å². The van der Waals surface area contributed by atoms with Gasteiger partial charge in [-0.1, -0.05) is 16.8 Å². The van der Waals surface area contributed by atoms with Gasteiger partial charge in [0.1, 0.15) is 17.2 Å². The quantitative estimate of drug-likeness (QED) is 0.450. The molecule has 0 aliphatic carbocycles. The smallest absolute Gasteiger partial charge is 0.262 e. The Hall–Kier alpha value is -3.52. The van der Waals surface area contributed by atoms with Crippen LogP contribution in [-0.4, -0.2) is 41.2 Å². The zero-order valence-corrected chi connectivity index (χ0v) is 17.4. The molecule has 9 heteroatoms. The second-order valence-corrected chi connectivity index (χ2v) is 6.67. The molecule has 2 heterocycles. The highest BCUT2D eigenvalue weighted by Gasteiger charge is 2.19. The summed E-state index contributed by atoms with van der Waals surface area (Å²) in [6.07, 6.45) is 1.63. The van der Waals surface area contributed by atoms with Crippen molar-refractivity contribution in [3.8, 4) is 51.3 Å². The van der Waals surface area contributed by atoms with Crippen LogP contribution < -0.4 is 14.2 Å². The number of aromatic nitrogens is 4. The summed E-state index contributed by atoms with van der Waals surface area (Å²) in [7, 11) is 3.17. The van der Waals surface area contributed by atoms with E-state index in [1.54, 1.807) is 44.7 Å². The summed E-state index contributed by atoms with van der Waals surface area (Å²) in [4.78, 5) is 4.52. The molecule has 8 nitrogen and oxygen atoms in total. The van der Waals surface area contributed by atoms with Crippen molar-refractivity contribution in [2.24, 2.45) is 0 Å². The van der Waals surface area contributed by atoms with Crippen LogP contribution in [-0.2, 0) is 0 Å².